The van der Waals surface area contributed by atoms with Gasteiger partial charge in [0.05, 0.1) is 11.5 Å². The predicted octanol–water partition coefficient (Wildman–Crippen LogP) is -0.311. The molecule has 7 heteroatoms. The molecule has 0 saturated carbocycles. The second-order valence-electron chi connectivity index (χ2n) is 5.33. The van der Waals surface area contributed by atoms with Crippen molar-refractivity contribution >= 4 is 21.7 Å². The Morgan fingerprint density at radius 3 is 2.58 bits per heavy atom. The first-order chi connectivity index (χ1) is 8.85. The molecule has 2 aliphatic rings. The summed E-state index contributed by atoms with van der Waals surface area (Å²) < 4.78 is 23.1. The Morgan fingerprint density at radius 1 is 1.37 bits per heavy atom. The van der Waals surface area contributed by atoms with Gasteiger partial charge in [0, 0.05) is 6.04 Å². The first kappa shape index (κ1) is 14.3. The van der Waals surface area contributed by atoms with Gasteiger partial charge in [-0.15, -0.1) is 0 Å². The van der Waals surface area contributed by atoms with Gasteiger partial charge in [-0.2, -0.15) is 0 Å². The van der Waals surface area contributed by atoms with Gasteiger partial charge in [0.1, 0.15) is 12.1 Å². The van der Waals surface area contributed by atoms with E-state index in [2.05, 4.69) is 5.32 Å². The molecule has 2 rings (SSSR count). The Labute approximate surface area is 113 Å². The van der Waals surface area contributed by atoms with Gasteiger partial charge in [-0.1, -0.05) is 13.3 Å². The normalized spacial score (nSPS) is 34.4. The Kier molecular flexibility index (Phi) is 3.85. The van der Waals surface area contributed by atoms with Crippen molar-refractivity contribution in [2.45, 2.75) is 51.2 Å². The number of carbonyl (C=O) groups excluding carboxylic acids is 2. The molecule has 19 heavy (non-hydrogen) atoms. The van der Waals surface area contributed by atoms with Gasteiger partial charge >= 0.3 is 0 Å². The molecule has 2 saturated heterocycles. The Balaban J connectivity index is 2.21. The number of amides is 2. The maximum atomic E-state index is 12.4. The van der Waals surface area contributed by atoms with Crippen LogP contribution in [-0.2, 0) is 19.4 Å². The minimum Gasteiger partial charge on any atom is -0.343 e. The van der Waals surface area contributed by atoms with Crippen molar-refractivity contribution in [3.8, 4) is 0 Å². The van der Waals surface area contributed by atoms with E-state index in [9.17, 15) is 18.0 Å². The molecule has 2 amide bonds. The number of nitrogens with one attached hydrogen (secondary N) is 1. The lowest BCUT2D eigenvalue weighted by atomic mass is 10.0. The summed E-state index contributed by atoms with van der Waals surface area (Å²) in [5.74, 6) is -0.248. The number of piperazine rings is 1. The van der Waals surface area contributed by atoms with Crippen molar-refractivity contribution in [1.29, 1.82) is 0 Å². The van der Waals surface area contributed by atoms with Gasteiger partial charge < -0.3 is 10.2 Å². The standard InChI is InChI=1S/C12H20N2O4S/c1-3-4-10-12(16)14(8(2)11(15)13-10)9-5-6-19(17,18)7-9/h8-10H,3-7H2,1-2H3,(H,13,15). The molecular formula is C12H20N2O4S. The van der Waals surface area contributed by atoms with E-state index in [0.717, 1.165) is 6.42 Å². The summed E-state index contributed by atoms with van der Waals surface area (Å²) in [7, 11) is -3.06. The number of hydrogen-bond acceptors (Lipinski definition) is 4. The van der Waals surface area contributed by atoms with Crippen molar-refractivity contribution in [3.63, 3.8) is 0 Å². The fourth-order valence-electron chi connectivity index (χ4n) is 2.83. The van der Waals surface area contributed by atoms with Gasteiger partial charge in [-0.05, 0) is 19.8 Å². The van der Waals surface area contributed by atoms with Crippen LogP contribution in [0.2, 0.25) is 0 Å². The monoisotopic (exact) mass is 288 g/mol. The van der Waals surface area contributed by atoms with E-state index < -0.39 is 21.9 Å². The van der Waals surface area contributed by atoms with E-state index in [1.165, 1.54) is 4.90 Å². The highest BCUT2D eigenvalue weighted by Gasteiger charge is 2.44. The number of carbonyl (C=O) groups is 2. The Bertz CT molecular complexity index is 488. The first-order valence-electron chi connectivity index (χ1n) is 6.68. The predicted molar refractivity (Wildman–Crippen MR) is 70.2 cm³/mol. The summed E-state index contributed by atoms with van der Waals surface area (Å²) in [6.45, 7) is 3.60. The van der Waals surface area contributed by atoms with Crippen molar-refractivity contribution in [2.24, 2.45) is 0 Å². The molecule has 3 atom stereocenters. The summed E-state index contributed by atoms with van der Waals surface area (Å²) in [6.07, 6.45) is 1.82. The van der Waals surface area contributed by atoms with Crippen LogP contribution in [0, 0.1) is 0 Å². The number of rotatable bonds is 3. The zero-order chi connectivity index (χ0) is 14.2. The third-order valence-electron chi connectivity index (χ3n) is 3.84. The van der Waals surface area contributed by atoms with Gasteiger partial charge in [0.25, 0.3) is 0 Å². The summed E-state index contributed by atoms with van der Waals surface area (Å²) >= 11 is 0. The minimum absolute atomic E-state index is 0.0186. The van der Waals surface area contributed by atoms with E-state index in [-0.39, 0.29) is 29.4 Å². The summed E-state index contributed by atoms with van der Waals surface area (Å²) in [4.78, 5) is 25.8. The highest BCUT2D eigenvalue weighted by Crippen LogP contribution is 2.24. The molecule has 2 heterocycles. The smallest absolute Gasteiger partial charge is 0.246 e. The largest absolute Gasteiger partial charge is 0.343 e. The number of sulfone groups is 1. The molecule has 6 nitrogen and oxygen atoms in total. The fraction of sp³-hybridized carbons (Fsp3) is 0.833. The molecule has 3 unspecified atom stereocenters. The van der Waals surface area contributed by atoms with Crippen LogP contribution in [-0.4, -0.2) is 54.8 Å². The summed E-state index contributed by atoms with van der Waals surface area (Å²) in [5.41, 5.74) is 0. The van der Waals surface area contributed by atoms with Crippen LogP contribution in [0.4, 0.5) is 0 Å². The van der Waals surface area contributed by atoms with E-state index in [1.54, 1.807) is 6.92 Å². The van der Waals surface area contributed by atoms with E-state index in [0.29, 0.717) is 12.8 Å². The van der Waals surface area contributed by atoms with Gasteiger partial charge in [0.2, 0.25) is 11.8 Å². The van der Waals surface area contributed by atoms with Crippen LogP contribution in [0.1, 0.15) is 33.1 Å². The van der Waals surface area contributed by atoms with Crippen molar-refractivity contribution in [1.82, 2.24) is 10.2 Å². The van der Waals surface area contributed by atoms with E-state index in [4.69, 9.17) is 0 Å². The SMILES string of the molecule is CCCC1NC(=O)C(C)N(C2CCS(=O)(=O)C2)C1=O. The molecule has 0 radical (unpaired) electrons. The van der Waals surface area contributed by atoms with Crippen molar-refractivity contribution in [2.75, 3.05) is 11.5 Å². The highest BCUT2D eigenvalue weighted by molar-refractivity contribution is 7.91. The molecule has 0 aliphatic carbocycles. The Hall–Kier alpha value is -1.11. The van der Waals surface area contributed by atoms with Crippen LogP contribution in [0.15, 0.2) is 0 Å². The van der Waals surface area contributed by atoms with Crippen LogP contribution in [0.5, 0.6) is 0 Å². The van der Waals surface area contributed by atoms with Gasteiger partial charge in [-0.3, -0.25) is 9.59 Å². The molecule has 0 aromatic heterocycles. The maximum absolute atomic E-state index is 12.4. The molecule has 108 valence electrons. The van der Waals surface area contributed by atoms with Gasteiger partial charge in [0.15, 0.2) is 9.84 Å². The number of hydrogen-bond donors (Lipinski definition) is 1. The molecule has 0 aromatic carbocycles. The average molecular weight is 288 g/mol. The van der Waals surface area contributed by atoms with E-state index >= 15 is 0 Å². The lowest BCUT2D eigenvalue weighted by molar-refractivity contribution is -0.151. The first-order valence-corrected chi connectivity index (χ1v) is 8.51. The third-order valence-corrected chi connectivity index (χ3v) is 5.60. The quantitative estimate of drug-likeness (QED) is 0.772. The summed E-state index contributed by atoms with van der Waals surface area (Å²) in [6, 6.07) is -1.44. The molecule has 0 spiro atoms. The molecule has 1 N–H and O–H groups in total. The third kappa shape index (κ3) is 2.75. The van der Waals surface area contributed by atoms with E-state index in [1.807, 2.05) is 6.92 Å². The molecule has 2 fully saturated rings. The van der Waals surface area contributed by atoms with Crippen molar-refractivity contribution in [3.05, 3.63) is 0 Å². The second-order valence-corrected chi connectivity index (χ2v) is 7.56. The van der Waals surface area contributed by atoms with Crippen molar-refractivity contribution < 1.29 is 18.0 Å². The molecular weight excluding hydrogens is 268 g/mol. The number of nitrogens with zero attached hydrogens (tertiary/aromatic N) is 1. The lowest BCUT2D eigenvalue weighted by Gasteiger charge is -2.40. The van der Waals surface area contributed by atoms with Crippen LogP contribution >= 0.6 is 0 Å². The van der Waals surface area contributed by atoms with Crippen LogP contribution < -0.4 is 5.32 Å². The summed E-state index contributed by atoms with van der Waals surface area (Å²) in [5, 5.41) is 2.71. The molecule has 2 aliphatic heterocycles. The average Bonchev–Trinajstić information content (AvgIpc) is 2.67. The highest BCUT2D eigenvalue weighted by atomic mass is 32.2. The van der Waals surface area contributed by atoms with Crippen LogP contribution in [0.25, 0.3) is 0 Å². The fourth-order valence-corrected chi connectivity index (χ4v) is 4.54. The van der Waals surface area contributed by atoms with Crippen LogP contribution in [0.3, 0.4) is 0 Å². The molecule has 0 aromatic rings. The molecule has 0 bridgehead atoms. The van der Waals surface area contributed by atoms with Gasteiger partial charge in [-0.25, -0.2) is 8.42 Å². The zero-order valence-corrected chi connectivity index (χ0v) is 12.1. The Morgan fingerprint density at radius 2 is 2.05 bits per heavy atom. The maximum Gasteiger partial charge on any atom is 0.246 e. The second kappa shape index (κ2) is 5.11. The lowest BCUT2D eigenvalue weighted by Crippen LogP contribution is -2.65. The minimum atomic E-state index is -3.06. The zero-order valence-electron chi connectivity index (χ0n) is 11.3. The topological polar surface area (TPSA) is 83.6 Å².